The highest BCUT2D eigenvalue weighted by atomic mass is 16.5. The molecule has 4 heteroatoms. The van der Waals surface area contributed by atoms with E-state index in [4.69, 9.17) is 19.6 Å². The molecule has 2 aromatic rings. The fourth-order valence-electron chi connectivity index (χ4n) is 1.57. The van der Waals surface area contributed by atoms with Gasteiger partial charge in [-0.15, -0.1) is 0 Å². The highest BCUT2D eigenvalue weighted by Crippen LogP contribution is 2.30. The van der Waals surface area contributed by atoms with Crippen molar-refractivity contribution >= 4 is 0 Å². The van der Waals surface area contributed by atoms with Gasteiger partial charge in [0, 0.05) is 6.54 Å². The molecule has 17 heavy (non-hydrogen) atoms. The van der Waals surface area contributed by atoms with Gasteiger partial charge in [0.2, 0.25) is 0 Å². The first-order valence-electron chi connectivity index (χ1n) is 5.38. The van der Waals surface area contributed by atoms with E-state index in [9.17, 15) is 0 Å². The summed E-state index contributed by atoms with van der Waals surface area (Å²) >= 11 is 0. The maximum absolute atomic E-state index is 5.79. The Labute approximate surface area is 99.9 Å². The molecule has 0 bridgehead atoms. The Hall–Kier alpha value is -1.94. The lowest BCUT2D eigenvalue weighted by atomic mass is 10.2. The van der Waals surface area contributed by atoms with Crippen LogP contribution in [0.5, 0.6) is 11.5 Å². The van der Waals surface area contributed by atoms with Gasteiger partial charge in [-0.1, -0.05) is 12.1 Å². The van der Waals surface area contributed by atoms with Crippen LogP contribution in [0.15, 0.2) is 47.1 Å². The predicted molar refractivity (Wildman–Crippen MR) is 64.1 cm³/mol. The molecular weight excluding hydrogens is 218 g/mol. The lowest BCUT2D eigenvalue weighted by Crippen LogP contribution is -2.18. The van der Waals surface area contributed by atoms with E-state index in [0.29, 0.717) is 23.8 Å². The summed E-state index contributed by atoms with van der Waals surface area (Å²) in [6, 6.07) is 11.1. The zero-order valence-corrected chi connectivity index (χ0v) is 9.63. The van der Waals surface area contributed by atoms with Gasteiger partial charge < -0.3 is 19.6 Å². The molecule has 0 saturated heterocycles. The zero-order chi connectivity index (χ0) is 12.1. The first kappa shape index (κ1) is 11.5. The number of hydrogen-bond acceptors (Lipinski definition) is 4. The number of nitrogens with two attached hydrogens (primary N) is 1. The van der Waals surface area contributed by atoms with Crippen LogP contribution in [-0.4, -0.2) is 13.7 Å². The van der Waals surface area contributed by atoms with Crippen LogP contribution in [0.4, 0.5) is 0 Å². The average Bonchev–Trinajstić information content (AvgIpc) is 2.90. The van der Waals surface area contributed by atoms with Crippen LogP contribution in [0, 0.1) is 0 Å². The molecule has 90 valence electrons. The lowest BCUT2D eigenvalue weighted by molar-refractivity contribution is 0.177. The van der Waals surface area contributed by atoms with Crippen molar-refractivity contribution in [3.63, 3.8) is 0 Å². The van der Waals surface area contributed by atoms with Gasteiger partial charge in [0.15, 0.2) is 17.6 Å². The van der Waals surface area contributed by atoms with E-state index in [-0.39, 0.29) is 6.10 Å². The fraction of sp³-hybridized carbons (Fsp3) is 0.231. The highest BCUT2D eigenvalue weighted by Gasteiger charge is 2.16. The molecule has 1 aromatic carbocycles. The number of ether oxygens (including phenoxy) is 2. The second-order valence-corrected chi connectivity index (χ2v) is 3.51. The molecule has 0 spiro atoms. The first-order valence-corrected chi connectivity index (χ1v) is 5.38. The van der Waals surface area contributed by atoms with E-state index in [1.807, 2.05) is 36.4 Å². The molecular formula is C13H15NO3. The molecule has 0 aliphatic rings. The quantitative estimate of drug-likeness (QED) is 0.861. The minimum absolute atomic E-state index is 0.304. The highest BCUT2D eigenvalue weighted by molar-refractivity contribution is 5.39. The van der Waals surface area contributed by atoms with Crippen molar-refractivity contribution in [1.82, 2.24) is 0 Å². The number of furan rings is 1. The Bertz CT molecular complexity index is 453. The SMILES string of the molecule is COc1ccccc1OC(CN)c1ccco1. The van der Waals surface area contributed by atoms with Gasteiger partial charge >= 0.3 is 0 Å². The van der Waals surface area contributed by atoms with Crippen LogP contribution in [0.25, 0.3) is 0 Å². The summed E-state index contributed by atoms with van der Waals surface area (Å²) in [7, 11) is 1.60. The molecule has 0 aliphatic heterocycles. The summed E-state index contributed by atoms with van der Waals surface area (Å²) in [6.45, 7) is 0.339. The summed E-state index contributed by atoms with van der Waals surface area (Å²) in [5.41, 5.74) is 5.68. The van der Waals surface area contributed by atoms with Crippen LogP contribution in [-0.2, 0) is 0 Å². The van der Waals surface area contributed by atoms with E-state index >= 15 is 0 Å². The molecule has 2 rings (SSSR count). The molecule has 0 fully saturated rings. The van der Waals surface area contributed by atoms with Gasteiger partial charge in [0.1, 0.15) is 5.76 Å². The van der Waals surface area contributed by atoms with E-state index in [2.05, 4.69) is 0 Å². The van der Waals surface area contributed by atoms with E-state index < -0.39 is 0 Å². The van der Waals surface area contributed by atoms with Gasteiger partial charge in [-0.05, 0) is 24.3 Å². The number of benzene rings is 1. The maximum Gasteiger partial charge on any atom is 0.168 e. The molecule has 2 N–H and O–H groups in total. The summed E-state index contributed by atoms with van der Waals surface area (Å²) in [4.78, 5) is 0. The minimum Gasteiger partial charge on any atom is -0.493 e. The van der Waals surface area contributed by atoms with Crippen molar-refractivity contribution < 1.29 is 13.9 Å². The van der Waals surface area contributed by atoms with Gasteiger partial charge in [-0.2, -0.15) is 0 Å². The summed E-state index contributed by atoms with van der Waals surface area (Å²) in [5.74, 6) is 2.04. The Kier molecular flexibility index (Phi) is 3.67. The van der Waals surface area contributed by atoms with E-state index in [1.54, 1.807) is 13.4 Å². The average molecular weight is 233 g/mol. The van der Waals surface area contributed by atoms with E-state index in [0.717, 1.165) is 0 Å². The largest absolute Gasteiger partial charge is 0.493 e. The molecule has 0 radical (unpaired) electrons. The molecule has 0 amide bonds. The molecule has 1 atom stereocenters. The van der Waals surface area contributed by atoms with Gasteiger partial charge in [0.05, 0.1) is 13.4 Å². The van der Waals surface area contributed by atoms with Gasteiger partial charge in [-0.25, -0.2) is 0 Å². The molecule has 1 aromatic heterocycles. The second-order valence-electron chi connectivity index (χ2n) is 3.51. The third kappa shape index (κ3) is 2.60. The predicted octanol–water partition coefficient (Wildman–Crippen LogP) is 2.37. The third-order valence-electron chi connectivity index (χ3n) is 2.41. The van der Waals surface area contributed by atoms with Crippen LogP contribution < -0.4 is 15.2 Å². The fourth-order valence-corrected chi connectivity index (χ4v) is 1.57. The van der Waals surface area contributed by atoms with Crippen LogP contribution in [0.3, 0.4) is 0 Å². The summed E-state index contributed by atoms with van der Waals surface area (Å²) in [6.07, 6.45) is 1.30. The topological polar surface area (TPSA) is 57.6 Å². The maximum atomic E-state index is 5.79. The number of para-hydroxylation sites is 2. The number of hydrogen-bond donors (Lipinski definition) is 1. The number of rotatable bonds is 5. The third-order valence-corrected chi connectivity index (χ3v) is 2.41. The van der Waals surface area contributed by atoms with Gasteiger partial charge in [-0.3, -0.25) is 0 Å². The molecule has 0 aliphatic carbocycles. The number of methoxy groups -OCH3 is 1. The Morgan fingerprint density at radius 1 is 1.18 bits per heavy atom. The minimum atomic E-state index is -0.304. The van der Waals surface area contributed by atoms with Crippen molar-refractivity contribution in [2.24, 2.45) is 5.73 Å². The van der Waals surface area contributed by atoms with E-state index in [1.165, 1.54) is 0 Å². The van der Waals surface area contributed by atoms with Gasteiger partial charge in [0.25, 0.3) is 0 Å². The van der Waals surface area contributed by atoms with Crippen LogP contribution in [0.2, 0.25) is 0 Å². The Morgan fingerprint density at radius 2 is 1.94 bits per heavy atom. The first-order chi connectivity index (χ1) is 8.35. The summed E-state index contributed by atoms with van der Waals surface area (Å²) in [5, 5.41) is 0. The second kappa shape index (κ2) is 5.41. The van der Waals surface area contributed by atoms with Crippen molar-refractivity contribution in [3.8, 4) is 11.5 Å². The van der Waals surface area contributed by atoms with Crippen molar-refractivity contribution in [1.29, 1.82) is 0 Å². The van der Waals surface area contributed by atoms with Crippen LogP contribution >= 0.6 is 0 Å². The lowest BCUT2D eigenvalue weighted by Gasteiger charge is -2.17. The summed E-state index contributed by atoms with van der Waals surface area (Å²) < 4.78 is 16.3. The monoisotopic (exact) mass is 233 g/mol. The normalized spacial score (nSPS) is 12.1. The smallest absolute Gasteiger partial charge is 0.168 e. The van der Waals surface area contributed by atoms with Crippen molar-refractivity contribution in [2.75, 3.05) is 13.7 Å². The molecule has 1 heterocycles. The van der Waals surface area contributed by atoms with Crippen LogP contribution in [0.1, 0.15) is 11.9 Å². The Balaban J connectivity index is 2.18. The zero-order valence-electron chi connectivity index (χ0n) is 9.63. The van der Waals surface area contributed by atoms with Crippen molar-refractivity contribution in [2.45, 2.75) is 6.10 Å². The standard InChI is InChI=1S/C13H15NO3/c1-15-10-5-2-3-6-12(10)17-13(9-14)11-7-4-8-16-11/h2-8,13H,9,14H2,1H3. The molecule has 1 unspecified atom stereocenters. The molecule has 4 nitrogen and oxygen atoms in total. The Morgan fingerprint density at radius 3 is 2.53 bits per heavy atom. The van der Waals surface area contributed by atoms with Crippen molar-refractivity contribution in [3.05, 3.63) is 48.4 Å². The molecule has 0 saturated carbocycles.